The van der Waals surface area contributed by atoms with Crippen LogP contribution in [0.5, 0.6) is 0 Å². The second kappa shape index (κ2) is 7.07. The lowest BCUT2D eigenvalue weighted by Crippen LogP contribution is -2.06. The van der Waals surface area contributed by atoms with Crippen molar-refractivity contribution in [2.24, 2.45) is 14.1 Å². The Labute approximate surface area is 116 Å². The van der Waals surface area contributed by atoms with Gasteiger partial charge in [-0.15, -0.1) is 0 Å². The molecule has 0 unspecified atom stereocenters. The number of hydrogen-bond acceptors (Lipinski definition) is 6. The highest BCUT2D eigenvalue weighted by molar-refractivity contribution is 5.87. The smallest absolute Gasteiger partial charge is 0.358 e. The number of esters is 2. The number of methoxy groups -OCH3 is 2. The maximum absolute atomic E-state index is 10.8. The van der Waals surface area contributed by atoms with E-state index in [-0.39, 0.29) is 5.97 Å². The van der Waals surface area contributed by atoms with Crippen LogP contribution in [0.2, 0.25) is 0 Å². The molecule has 0 aliphatic heterocycles. The van der Waals surface area contributed by atoms with Crippen molar-refractivity contribution in [2.75, 3.05) is 14.2 Å². The third-order valence-electron chi connectivity index (χ3n) is 2.31. The van der Waals surface area contributed by atoms with Crippen LogP contribution >= 0.6 is 0 Å². The zero-order valence-corrected chi connectivity index (χ0v) is 11.7. The van der Waals surface area contributed by atoms with Gasteiger partial charge >= 0.3 is 11.9 Å². The van der Waals surface area contributed by atoms with Gasteiger partial charge in [0.25, 0.3) is 0 Å². The molecule has 0 spiro atoms. The van der Waals surface area contributed by atoms with Gasteiger partial charge in [-0.05, 0) is 0 Å². The summed E-state index contributed by atoms with van der Waals surface area (Å²) in [5.41, 5.74) is 0.799. The van der Waals surface area contributed by atoms with E-state index in [1.165, 1.54) is 20.4 Å². The van der Waals surface area contributed by atoms with Gasteiger partial charge in [-0.3, -0.25) is 0 Å². The summed E-state index contributed by atoms with van der Waals surface area (Å²) in [5, 5.41) is 0. The molecule has 0 radical (unpaired) electrons. The van der Waals surface area contributed by atoms with Crippen LogP contribution in [0.15, 0.2) is 25.0 Å². The Kier molecular flexibility index (Phi) is 5.45. The minimum Gasteiger partial charge on any atom is -0.464 e. The molecule has 0 saturated carbocycles. The average Bonchev–Trinajstić information content (AvgIpc) is 3.06. The van der Waals surface area contributed by atoms with Gasteiger partial charge in [0.15, 0.2) is 5.69 Å². The molecule has 0 bridgehead atoms. The normalized spacial score (nSPS) is 9.40. The summed E-state index contributed by atoms with van der Waals surface area (Å²) in [7, 11) is 6.20. The van der Waals surface area contributed by atoms with Crippen LogP contribution < -0.4 is 0 Å². The van der Waals surface area contributed by atoms with Gasteiger partial charge in [-0.1, -0.05) is 0 Å². The van der Waals surface area contributed by atoms with Crippen molar-refractivity contribution in [1.29, 1.82) is 0 Å². The van der Waals surface area contributed by atoms with Gasteiger partial charge in [-0.25, -0.2) is 19.6 Å². The molecule has 0 fully saturated rings. The monoisotopic (exact) mass is 280 g/mol. The Morgan fingerprint density at radius 3 is 2.15 bits per heavy atom. The lowest BCUT2D eigenvalue weighted by molar-refractivity contribution is 0.0583. The van der Waals surface area contributed by atoms with Crippen molar-refractivity contribution in [3.8, 4) is 0 Å². The first-order valence-corrected chi connectivity index (χ1v) is 5.60. The number of ether oxygens (including phenoxy) is 2. The summed E-state index contributed by atoms with van der Waals surface area (Å²) in [5.74, 6) is -0.763. The zero-order chi connectivity index (χ0) is 15.1. The van der Waals surface area contributed by atoms with Crippen LogP contribution in [0.25, 0.3) is 0 Å². The molecule has 0 aliphatic carbocycles. The Balaban J connectivity index is 0.000000200. The predicted molar refractivity (Wildman–Crippen MR) is 69.1 cm³/mol. The van der Waals surface area contributed by atoms with E-state index >= 15 is 0 Å². The van der Waals surface area contributed by atoms with Gasteiger partial charge in [0.05, 0.1) is 33.1 Å². The summed E-state index contributed by atoms with van der Waals surface area (Å²) in [6.45, 7) is 0. The van der Waals surface area contributed by atoms with E-state index in [0.717, 1.165) is 0 Å². The number of aryl methyl sites for hydroxylation is 2. The molecule has 8 heteroatoms. The summed E-state index contributed by atoms with van der Waals surface area (Å²) in [6.07, 6.45) is 6.16. The summed E-state index contributed by atoms with van der Waals surface area (Å²) >= 11 is 0. The highest BCUT2D eigenvalue weighted by Gasteiger charge is 2.07. The molecular formula is C12H16N4O4. The fourth-order valence-corrected chi connectivity index (χ4v) is 1.28. The fourth-order valence-electron chi connectivity index (χ4n) is 1.28. The molecule has 2 aromatic rings. The van der Waals surface area contributed by atoms with E-state index in [9.17, 15) is 9.59 Å². The summed E-state index contributed by atoms with van der Waals surface area (Å²) < 4.78 is 12.2. The van der Waals surface area contributed by atoms with Crippen LogP contribution in [0.3, 0.4) is 0 Å². The van der Waals surface area contributed by atoms with Crippen LogP contribution in [0, 0.1) is 0 Å². The van der Waals surface area contributed by atoms with Crippen LogP contribution in [-0.2, 0) is 23.6 Å². The van der Waals surface area contributed by atoms with E-state index in [1.807, 2.05) is 0 Å². The van der Waals surface area contributed by atoms with Gasteiger partial charge in [0, 0.05) is 20.3 Å². The van der Waals surface area contributed by atoms with Crippen LogP contribution in [0.1, 0.15) is 21.0 Å². The standard InChI is InChI=1S/2C6H8N2O2/c1-8-3-5(7-4-8)6(9)10-2;1-8-4-7-3-5(8)6(9)10-2/h2*3-4H,1-2H3. The molecule has 2 heterocycles. The number of nitrogens with zero attached hydrogens (tertiary/aromatic N) is 4. The van der Waals surface area contributed by atoms with E-state index in [1.54, 1.807) is 42.1 Å². The molecule has 0 amide bonds. The first-order valence-electron chi connectivity index (χ1n) is 5.60. The second-order valence-corrected chi connectivity index (χ2v) is 3.80. The van der Waals surface area contributed by atoms with Gasteiger partial charge in [0.1, 0.15) is 5.69 Å². The Hall–Kier alpha value is -2.64. The zero-order valence-electron chi connectivity index (χ0n) is 11.7. The largest absolute Gasteiger partial charge is 0.464 e. The highest BCUT2D eigenvalue weighted by atomic mass is 16.5. The minimum atomic E-state index is -0.402. The van der Waals surface area contributed by atoms with Gasteiger partial charge in [0.2, 0.25) is 0 Å². The van der Waals surface area contributed by atoms with E-state index in [4.69, 9.17) is 0 Å². The first kappa shape index (κ1) is 15.4. The molecular weight excluding hydrogens is 264 g/mol. The lowest BCUT2D eigenvalue weighted by Gasteiger charge is -1.96. The number of rotatable bonds is 2. The number of aromatic nitrogens is 4. The van der Waals surface area contributed by atoms with E-state index in [0.29, 0.717) is 11.4 Å². The maximum Gasteiger partial charge on any atom is 0.358 e. The van der Waals surface area contributed by atoms with Crippen molar-refractivity contribution in [3.05, 3.63) is 36.4 Å². The third-order valence-corrected chi connectivity index (χ3v) is 2.31. The summed E-state index contributed by atoms with van der Waals surface area (Å²) in [6, 6.07) is 0. The van der Waals surface area contributed by atoms with E-state index < -0.39 is 5.97 Å². The van der Waals surface area contributed by atoms with Gasteiger partial charge < -0.3 is 18.6 Å². The molecule has 0 saturated heterocycles. The van der Waals surface area contributed by atoms with Crippen molar-refractivity contribution >= 4 is 11.9 Å². The van der Waals surface area contributed by atoms with Crippen LogP contribution in [0.4, 0.5) is 0 Å². The first-order chi connectivity index (χ1) is 9.49. The Bertz CT molecular complexity index is 588. The van der Waals surface area contributed by atoms with Crippen molar-refractivity contribution in [3.63, 3.8) is 0 Å². The van der Waals surface area contributed by atoms with E-state index in [2.05, 4.69) is 19.4 Å². The summed E-state index contributed by atoms with van der Waals surface area (Å²) in [4.78, 5) is 29.1. The predicted octanol–water partition coefficient (Wildman–Crippen LogP) is 0.413. The highest BCUT2D eigenvalue weighted by Crippen LogP contribution is 1.97. The molecule has 0 atom stereocenters. The molecule has 20 heavy (non-hydrogen) atoms. The van der Waals surface area contributed by atoms with Crippen molar-refractivity contribution < 1.29 is 19.1 Å². The third kappa shape index (κ3) is 3.94. The van der Waals surface area contributed by atoms with Crippen LogP contribution in [-0.4, -0.2) is 45.3 Å². The molecule has 2 aromatic heterocycles. The number of hydrogen-bond donors (Lipinski definition) is 0. The van der Waals surface area contributed by atoms with Gasteiger partial charge in [-0.2, -0.15) is 0 Å². The molecule has 0 aromatic carbocycles. The second-order valence-electron chi connectivity index (χ2n) is 3.80. The quantitative estimate of drug-likeness (QED) is 0.740. The Morgan fingerprint density at radius 2 is 1.75 bits per heavy atom. The molecule has 0 N–H and O–H groups in total. The minimum absolute atomic E-state index is 0.338. The van der Waals surface area contributed by atoms with Crippen molar-refractivity contribution in [2.45, 2.75) is 0 Å². The molecule has 2 rings (SSSR count). The lowest BCUT2D eigenvalue weighted by atomic mass is 10.5. The van der Waals surface area contributed by atoms with Crippen molar-refractivity contribution in [1.82, 2.24) is 19.1 Å². The number of carbonyl (C=O) groups is 2. The Morgan fingerprint density at radius 1 is 1.10 bits per heavy atom. The SMILES string of the molecule is COC(=O)c1cn(C)cn1.COC(=O)c1cncn1C. The molecule has 108 valence electrons. The number of imidazole rings is 2. The molecule has 0 aliphatic rings. The fraction of sp³-hybridized carbons (Fsp3) is 0.333. The topological polar surface area (TPSA) is 88.2 Å². The molecule has 8 nitrogen and oxygen atoms in total. The number of carbonyl (C=O) groups excluding carboxylic acids is 2. The average molecular weight is 280 g/mol. The maximum atomic E-state index is 10.8.